The molecule has 0 radical (unpaired) electrons. The maximum absolute atomic E-state index is 13.2. The summed E-state index contributed by atoms with van der Waals surface area (Å²) in [4.78, 5) is 11.8. The number of nitrogens with zero attached hydrogens (tertiary/aromatic N) is 1. The van der Waals surface area contributed by atoms with Gasteiger partial charge in [0.25, 0.3) is 0 Å². The van der Waals surface area contributed by atoms with Crippen LogP contribution in [-0.2, 0) is 21.2 Å². The second-order valence-corrected chi connectivity index (χ2v) is 8.11. The van der Waals surface area contributed by atoms with Gasteiger partial charge in [-0.2, -0.15) is 4.31 Å². The largest absolute Gasteiger partial charge is 0.495 e. The Morgan fingerprint density at radius 2 is 1.81 bits per heavy atom. The molecule has 140 valence electrons. The molecule has 0 spiro atoms. The van der Waals surface area contributed by atoms with Gasteiger partial charge in [-0.15, -0.1) is 0 Å². The van der Waals surface area contributed by atoms with Crippen LogP contribution in [0.1, 0.15) is 16.7 Å². The fraction of sp³-hybridized carbons (Fsp3) is 0.316. The first-order valence-corrected chi connectivity index (χ1v) is 9.52. The summed E-state index contributed by atoms with van der Waals surface area (Å²) in [6.07, 6.45) is 0.0686. The lowest BCUT2D eigenvalue weighted by Gasteiger charge is -2.26. The number of carboxylic acids is 1. The Labute approximate surface area is 154 Å². The molecule has 1 N–H and O–H groups in total. The van der Waals surface area contributed by atoms with Gasteiger partial charge in [-0.1, -0.05) is 36.4 Å². The molecule has 0 aliphatic carbocycles. The number of aryl methyl sites for hydroxylation is 2. The smallest absolute Gasteiger partial charge is 0.322 e. The number of rotatable bonds is 7. The number of sulfonamides is 1. The Morgan fingerprint density at radius 3 is 2.35 bits per heavy atom. The van der Waals surface area contributed by atoms with E-state index >= 15 is 0 Å². The predicted molar refractivity (Wildman–Crippen MR) is 99.0 cm³/mol. The summed E-state index contributed by atoms with van der Waals surface area (Å²) in [5.41, 5.74) is 2.12. The van der Waals surface area contributed by atoms with Crippen molar-refractivity contribution < 1.29 is 23.1 Å². The van der Waals surface area contributed by atoms with Gasteiger partial charge in [0.2, 0.25) is 10.0 Å². The van der Waals surface area contributed by atoms with Crippen molar-refractivity contribution in [3.8, 4) is 5.75 Å². The third kappa shape index (κ3) is 4.05. The zero-order valence-corrected chi connectivity index (χ0v) is 16.1. The standard InChI is InChI=1S/C19H23NO5S/c1-13-10-14(2)18(17(11-13)25-4)26(23,24)20(3)16(19(21)22)12-15-8-6-5-7-9-15/h5-11,16H,12H2,1-4H3,(H,21,22). The lowest BCUT2D eigenvalue weighted by Crippen LogP contribution is -2.44. The minimum atomic E-state index is -4.07. The van der Waals surface area contributed by atoms with E-state index in [4.69, 9.17) is 4.74 Å². The molecule has 26 heavy (non-hydrogen) atoms. The van der Waals surface area contributed by atoms with E-state index in [-0.39, 0.29) is 17.1 Å². The molecule has 0 heterocycles. The van der Waals surface area contributed by atoms with Gasteiger partial charge >= 0.3 is 5.97 Å². The van der Waals surface area contributed by atoms with Crippen molar-refractivity contribution in [1.82, 2.24) is 4.31 Å². The monoisotopic (exact) mass is 377 g/mol. The van der Waals surface area contributed by atoms with E-state index in [1.54, 1.807) is 43.3 Å². The zero-order chi connectivity index (χ0) is 19.5. The number of carboxylic acid groups (broad SMARTS) is 1. The summed E-state index contributed by atoms with van der Waals surface area (Å²) in [6, 6.07) is 11.1. The first-order valence-electron chi connectivity index (χ1n) is 8.08. The van der Waals surface area contributed by atoms with Crippen LogP contribution >= 0.6 is 0 Å². The third-order valence-electron chi connectivity index (χ3n) is 4.24. The van der Waals surface area contributed by atoms with E-state index in [1.165, 1.54) is 14.2 Å². The SMILES string of the molecule is COc1cc(C)cc(C)c1S(=O)(=O)N(C)C(Cc1ccccc1)C(=O)O. The minimum Gasteiger partial charge on any atom is -0.495 e. The van der Waals surface area contributed by atoms with E-state index in [2.05, 4.69) is 0 Å². The molecule has 0 bridgehead atoms. The molecule has 2 aromatic carbocycles. The number of likely N-dealkylation sites (N-methyl/N-ethyl adjacent to an activating group) is 1. The van der Waals surface area contributed by atoms with Crippen molar-refractivity contribution in [3.05, 3.63) is 59.2 Å². The summed E-state index contributed by atoms with van der Waals surface area (Å²) in [5.74, 6) is -0.998. The van der Waals surface area contributed by atoms with Gasteiger partial charge in [-0.05, 0) is 43.0 Å². The van der Waals surface area contributed by atoms with Crippen LogP contribution in [0.2, 0.25) is 0 Å². The number of methoxy groups -OCH3 is 1. The van der Waals surface area contributed by atoms with Gasteiger partial charge in [-0.25, -0.2) is 8.42 Å². The Hall–Kier alpha value is -2.38. The van der Waals surface area contributed by atoms with Crippen LogP contribution in [0.25, 0.3) is 0 Å². The summed E-state index contributed by atoms with van der Waals surface area (Å²) in [7, 11) is -1.38. The fourth-order valence-electron chi connectivity index (χ4n) is 2.92. The van der Waals surface area contributed by atoms with Crippen LogP contribution in [0.4, 0.5) is 0 Å². The van der Waals surface area contributed by atoms with Gasteiger partial charge in [0, 0.05) is 7.05 Å². The molecule has 2 rings (SSSR count). The topological polar surface area (TPSA) is 83.9 Å². The lowest BCUT2D eigenvalue weighted by molar-refractivity contribution is -0.141. The quantitative estimate of drug-likeness (QED) is 0.802. The fourth-order valence-corrected chi connectivity index (χ4v) is 4.57. The minimum absolute atomic E-state index is 0.00703. The lowest BCUT2D eigenvalue weighted by atomic mass is 10.1. The highest BCUT2D eigenvalue weighted by Crippen LogP contribution is 2.32. The second-order valence-electron chi connectivity index (χ2n) is 6.18. The normalized spacial score (nSPS) is 12.8. The number of aliphatic carboxylic acids is 1. The van der Waals surface area contributed by atoms with E-state index in [0.29, 0.717) is 5.56 Å². The van der Waals surface area contributed by atoms with E-state index in [1.807, 2.05) is 13.0 Å². The van der Waals surface area contributed by atoms with E-state index in [0.717, 1.165) is 15.4 Å². The summed E-state index contributed by atoms with van der Waals surface area (Å²) in [5, 5.41) is 9.62. The number of carbonyl (C=O) groups is 1. The summed E-state index contributed by atoms with van der Waals surface area (Å²) < 4.78 is 32.5. The first kappa shape index (κ1) is 19.9. The molecule has 0 saturated heterocycles. The molecular formula is C19H23NO5S. The van der Waals surface area contributed by atoms with Gasteiger partial charge < -0.3 is 9.84 Å². The third-order valence-corrected chi connectivity index (χ3v) is 6.29. The zero-order valence-electron chi connectivity index (χ0n) is 15.3. The molecule has 1 unspecified atom stereocenters. The summed E-state index contributed by atoms with van der Waals surface area (Å²) in [6.45, 7) is 3.51. The van der Waals surface area contributed by atoms with E-state index in [9.17, 15) is 18.3 Å². The number of benzene rings is 2. The Balaban J connectivity index is 2.48. The highest BCUT2D eigenvalue weighted by molar-refractivity contribution is 7.89. The van der Waals surface area contributed by atoms with Gasteiger partial charge in [0.1, 0.15) is 16.7 Å². The Bertz CT molecular complexity index is 894. The first-order chi connectivity index (χ1) is 12.2. The number of ether oxygens (including phenoxy) is 1. The number of hydrogen-bond donors (Lipinski definition) is 1. The van der Waals surface area contributed by atoms with Gasteiger partial charge in [-0.3, -0.25) is 4.79 Å². The Morgan fingerprint density at radius 1 is 1.19 bits per heavy atom. The van der Waals surface area contributed by atoms with Crippen molar-refractivity contribution in [2.75, 3.05) is 14.2 Å². The maximum atomic E-state index is 13.2. The van der Waals surface area contributed by atoms with Crippen molar-refractivity contribution in [3.63, 3.8) is 0 Å². The highest BCUT2D eigenvalue weighted by atomic mass is 32.2. The highest BCUT2D eigenvalue weighted by Gasteiger charge is 2.35. The molecule has 6 nitrogen and oxygen atoms in total. The predicted octanol–water partition coefficient (Wildman–Crippen LogP) is 2.63. The molecule has 0 aliphatic rings. The van der Waals surface area contributed by atoms with Crippen molar-refractivity contribution >= 4 is 16.0 Å². The van der Waals surface area contributed by atoms with Crippen molar-refractivity contribution in [1.29, 1.82) is 0 Å². The molecule has 0 aromatic heterocycles. The van der Waals surface area contributed by atoms with Crippen LogP contribution in [0.5, 0.6) is 5.75 Å². The Kier molecular flexibility index (Phi) is 6.05. The van der Waals surface area contributed by atoms with Crippen LogP contribution in [0, 0.1) is 13.8 Å². The van der Waals surface area contributed by atoms with Crippen molar-refractivity contribution in [2.45, 2.75) is 31.2 Å². The molecule has 7 heteroatoms. The molecule has 0 saturated carbocycles. The molecule has 2 aromatic rings. The average Bonchev–Trinajstić information content (AvgIpc) is 2.58. The molecule has 0 amide bonds. The molecule has 0 aliphatic heterocycles. The molecule has 1 atom stereocenters. The van der Waals surface area contributed by atoms with Crippen LogP contribution in [-0.4, -0.2) is 44.0 Å². The molecule has 0 fully saturated rings. The summed E-state index contributed by atoms with van der Waals surface area (Å²) >= 11 is 0. The van der Waals surface area contributed by atoms with Crippen molar-refractivity contribution in [2.24, 2.45) is 0 Å². The van der Waals surface area contributed by atoms with Crippen LogP contribution < -0.4 is 4.74 Å². The van der Waals surface area contributed by atoms with Gasteiger partial charge in [0.05, 0.1) is 7.11 Å². The van der Waals surface area contributed by atoms with Crippen LogP contribution in [0.3, 0.4) is 0 Å². The average molecular weight is 377 g/mol. The maximum Gasteiger partial charge on any atom is 0.322 e. The number of hydrogen-bond acceptors (Lipinski definition) is 4. The molecular weight excluding hydrogens is 354 g/mol. The van der Waals surface area contributed by atoms with Gasteiger partial charge in [0.15, 0.2) is 0 Å². The van der Waals surface area contributed by atoms with Crippen LogP contribution in [0.15, 0.2) is 47.4 Å². The second kappa shape index (κ2) is 7.88. The van der Waals surface area contributed by atoms with E-state index < -0.39 is 22.0 Å².